The normalized spacial score (nSPS) is 21.8. The summed E-state index contributed by atoms with van der Waals surface area (Å²) in [7, 11) is 1.62. The van der Waals surface area contributed by atoms with Crippen molar-refractivity contribution in [3.63, 3.8) is 0 Å². The molecule has 22 heavy (non-hydrogen) atoms. The summed E-state index contributed by atoms with van der Waals surface area (Å²) in [6, 6.07) is 9.44. The maximum Gasteiger partial charge on any atom is 0.274 e. The third-order valence-corrected chi connectivity index (χ3v) is 3.97. The molecule has 0 bridgehead atoms. The van der Waals surface area contributed by atoms with Gasteiger partial charge in [0.15, 0.2) is 5.69 Å². The maximum atomic E-state index is 12.8. The SMILES string of the molecule is CO[C@H]1CN(C(=O)c2cnnn2-c2ccccc2)CC[C@H]1N. The summed E-state index contributed by atoms with van der Waals surface area (Å²) in [6.45, 7) is 1.09. The van der Waals surface area contributed by atoms with E-state index < -0.39 is 0 Å². The van der Waals surface area contributed by atoms with E-state index in [2.05, 4.69) is 10.3 Å². The molecule has 2 N–H and O–H groups in total. The number of amides is 1. The molecule has 3 rings (SSSR count). The zero-order chi connectivity index (χ0) is 15.5. The topological polar surface area (TPSA) is 86.3 Å². The molecule has 1 aliphatic heterocycles. The highest BCUT2D eigenvalue weighted by Crippen LogP contribution is 2.16. The number of para-hydroxylation sites is 1. The molecular formula is C15H19N5O2. The van der Waals surface area contributed by atoms with Crippen LogP contribution in [0.5, 0.6) is 0 Å². The van der Waals surface area contributed by atoms with Crippen LogP contribution in [-0.2, 0) is 4.74 Å². The van der Waals surface area contributed by atoms with Crippen molar-refractivity contribution in [1.29, 1.82) is 0 Å². The Hall–Kier alpha value is -2.25. The predicted molar refractivity (Wildman–Crippen MR) is 80.7 cm³/mol. The number of piperidine rings is 1. The lowest BCUT2D eigenvalue weighted by Gasteiger charge is -2.35. The van der Waals surface area contributed by atoms with Crippen LogP contribution in [0.25, 0.3) is 5.69 Å². The highest BCUT2D eigenvalue weighted by Gasteiger charge is 2.31. The number of hydrogen-bond donors (Lipinski definition) is 1. The molecular weight excluding hydrogens is 282 g/mol. The van der Waals surface area contributed by atoms with Gasteiger partial charge in [0.2, 0.25) is 0 Å². The van der Waals surface area contributed by atoms with Gasteiger partial charge in [-0.1, -0.05) is 23.4 Å². The van der Waals surface area contributed by atoms with E-state index in [1.807, 2.05) is 30.3 Å². The van der Waals surface area contributed by atoms with Crippen LogP contribution in [0.1, 0.15) is 16.9 Å². The number of nitrogens with two attached hydrogens (primary N) is 1. The maximum absolute atomic E-state index is 12.8. The fourth-order valence-corrected chi connectivity index (χ4v) is 2.67. The molecule has 0 spiro atoms. The molecule has 0 saturated carbocycles. The first-order chi connectivity index (χ1) is 10.7. The first kappa shape index (κ1) is 14.7. The lowest BCUT2D eigenvalue weighted by atomic mass is 10.0. The highest BCUT2D eigenvalue weighted by atomic mass is 16.5. The summed E-state index contributed by atoms with van der Waals surface area (Å²) >= 11 is 0. The smallest absolute Gasteiger partial charge is 0.274 e. The molecule has 2 heterocycles. The van der Waals surface area contributed by atoms with Gasteiger partial charge in [0.25, 0.3) is 5.91 Å². The summed E-state index contributed by atoms with van der Waals surface area (Å²) in [5, 5.41) is 7.90. The van der Waals surface area contributed by atoms with Crippen LogP contribution in [0, 0.1) is 0 Å². The van der Waals surface area contributed by atoms with E-state index in [0.29, 0.717) is 18.8 Å². The molecule has 1 saturated heterocycles. The predicted octanol–water partition coefficient (Wildman–Crippen LogP) is 0.455. The summed E-state index contributed by atoms with van der Waals surface area (Å²) in [5.41, 5.74) is 7.25. The summed E-state index contributed by atoms with van der Waals surface area (Å²) in [4.78, 5) is 14.5. The number of likely N-dealkylation sites (tertiary alicyclic amines) is 1. The monoisotopic (exact) mass is 301 g/mol. The molecule has 2 atom stereocenters. The minimum atomic E-state index is -0.140. The van der Waals surface area contributed by atoms with Gasteiger partial charge in [0.1, 0.15) is 0 Å². The van der Waals surface area contributed by atoms with Crippen molar-refractivity contribution in [2.24, 2.45) is 5.73 Å². The molecule has 0 aliphatic carbocycles. The first-order valence-electron chi connectivity index (χ1n) is 7.24. The van der Waals surface area contributed by atoms with Crippen molar-refractivity contribution in [2.45, 2.75) is 18.6 Å². The second kappa shape index (κ2) is 6.25. The van der Waals surface area contributed by atoms with Crippen molar-refractivity contribution >= 4 is 5.91 Å². The summed E-state index contributed by atoms with van der Waals surface area (Å²) in [6.07, 6.45) is 2.07. The lowest BCUT2D eigenvalue weighted by Crippen LogP contribution is -2.53. The van der Waals surface area contributed by atoms with Crippen LogP contribution in [0.2, 0.25) is 0 Å². The van der Waals surface area contributed by atoms with Gasteiger partial charge in [-0.2, -0.15) is 0 Å². The fourth-order valence-electron chi connectivity index (χ4n) is 2.67. The van der Waals surface area contributed by atoms with Crippen LogP contribution in [-0.4, -0.2) is 58.1 Å². The Kier molecular flexibility index (Phi) is 4.17. The molecule has 2 aromatic rings. The third-order valence-electron chi connectivity index (χ3n) is 3.97. The number of carbonyl (C=O) groups is 1. The van der Waals surface area contributed by atoms with E-state index in [0.717, 1.165) is 12.1 Å². The summed E-state index contributed by atoms with van der Waals surface area (Å²) < 4.78 is 6.91. The Morgan fingerprint density at radius 2 is 2.14 bits per heavy atom. The number of ether oxygens (including phenoxy) is 1. The van der Waals surface area contributed by atoms with Gasteiger partial charge >= 0.3 is 0 Å². The minimum absolute atomic E-state index is 0.0359. The lowest BCUT2D eigenvalue weighted by molar-refractivity contribution is 0.0158. The van der Waals surface area contributed by atoms with E-state index in [4.69, 9.17) is 10.5 Å². The van der Waals surface area contributed by atoms with Gasteiger partial charge < -0.3 is 15.4 Å². The number of nitrogens with zero attached hydrogens (tertiary/aromatic N) is 4. The zero-order valence-electron chi connectivity index (χ0n) is 12.4. The van der Waals surface area contributed by atoms with Gasteiger partial charge in [0, 0.05) is 26.2 Å². The molecule has 1 aromatic heterocycles. The average molecular weight is 301 g/mol. The number of aromatic nitrogens is 3. The van der Waals surface area contributed by atoms with Crippen LogP contribution in [0.3, 0.4) is 0 Å². The van der Waals surface area contributed by atoms with Crippen LogP contribution < -0.4 is 5.73 Å². The van der Waals surface area contributed by atoms with E-state index in [-0.39, 0.29) is 18.1 Å². The van der Waals surface area contributed by atoms with Crippen LogP contribution >= 0.6 is 0 Å². The summed E-state index contributed by atoms with van der Waals surface area (Å²) in [5.74, 6) is -0.109. The quantitative estimate of drug-likeness (QED) is 0.890. The molecule has 1 aromatic carbocycles. The van der Waals surface area contributed by atoms with Crippen molar-refractivity contribution < 1.29 is 9.53 Å². The van der Waals surface area contributed by atoms with Crippen molar-refractivity contribution in [3.8, 4) is 5.69 Å². The molecule has 1 amide bonds. The van der Waals surface area contributed by atoms with Gasteiger partial charge in [0.05, 0.1) is 18.0 Å². The molecule has 7 heteroatoms. The Morgan fingerprint density at radius 3 is 2.86 bits per heavy atom. The molecule has 0 unspecified atom stereocenters. The second-order valence-electron chi connectivity index (χ2n) is 5.34. The number of hydrogen-bond acceptors (Lipinski definition) is 5. The van der Waals surface area contributed by atoms with Crippen molar-refractivity contribution in [3.05, 3.63) is 42.2 Å². The minimum Gasteiger partial charge on any atom is -0.378 e. The highest BCUT2D eigenvalue weighted by molar-refractivity contribution is 5.93. The number of methoxy groups -OCH3 is 1. The van der Waals surface area contributed by atoms with E-state index in [1.165, 1.54) is 6.20 Å². The van der Waals surface area contributed by atoms with E-state index >= 15 is 0 Å². The van der Waals surface area contributed by atoms with Crippen LogP contribution in [0.4, 0.5) is 0 Å². The number of rotatable bonds is 3. The Morgan fingerprint density at radius 1 is 1.36 bits per heavy atom. The molecule has 7 nitrogen and oxygen atoms in total. The van der Waals surface area contributed by atoms with Crippen molar-refractivity contribution in [1.82, 2.24) is 19.9 Å². The Balaban J connectivity index is 1.83. The molecule has 1 fully saturated rings. The molecule has 0 radical (unpaired) electrons. The third kappa shape index (κ3) is 2.72. The average Bonchev–Trinajstić information content (AvgIpc) is 3.05. The van der Waals surface area contributed by atoms with Crippen LogP contribution in [0.15, 0.2) is 36.5 Å². The number of carbonyl (C=O) groups excluding carboxylic acids is 1. The molecule has 116 valence electrons. The van der Waals surface area contributed by atoms with Gasteiger partial charge in [-0.15, -0.1) is 5.10 Å². The Labute approximate surface area is 128 Å². The zero-order valence-corrected chi connectivity index (χ0v) is 12.4. The van der Waals surface area contributed by atoms with Gasteiger partial charge in [-0.05, 0) is 18.6 Å². The first-order valence-corrected chi connectivity index (χ1v) is 7.24. The van der Waals surface area contributed by atoms with Gasteiger partial charge in [-0.25, -0.2) is 4.68 Å². The largest absolute Gasteiger partial charge is 0.378 e. The van der Waals surface area contributed by atoms with E-state index in [9.17, 15) is 4.79 Å². The standard InChI is InChI=1S/C15H19N5O2/c1-22-14-10-19(8-7-12(14)16)15(21)13-9-17-18-20(13)11-5-3-2-4-6-11/h2-6,9,12,14H,7-8,10,16H2,1H3/t12-,14+/m1/s1. The van der Waals surface area contributed by atoms with Crippen molar-refractivity contribution in [2.75, 3.05) is 20.2 Å². The van der Waals surface area contributed by atoms with E-state index in [1.54, 1.807) is 16.7 Å². The fraction of sp³-hybridized carbons (Fsp3) is 0.400. The molecule has 1 aliphatic rings. The second-order valence-corrected chi connectivity index (χ2v) is 5.34. The number of benzene rings is 1. The van der Waals surface area contributed by atoms with Gasteiger partial charge in [-0.3, -0.25) is 4.79 Å². The Bertz CT molecular complexity index is 642.